The molecule has 16 heteroatoms. The van der Waals surface area contributed by atoms with E-state index in [0.29, 0.717) is 0 Å². The minimum atomic E-state index is -4.23. The maximum atomic E-state index is 13.9. The number of hydrogen-bond acceptors (Lipinski definition) is 12. The van der Waals surface area contributed by atoms with Gasteiger partial charge in [0.15, 0.2) is 17.4 Å². The molecule has 5 N–H and O–H groups in total. The van der Waals surface area contributed by atoms with Crippen LogP contribution in [-0.4, -0.2) is 73.8 Å². The fourth-order valence-electron chi connectivity index (χ4n) is 4.40. The number of nitrogens with two attached hydrogens (primary N) is 1. The number of nitrogens with one attached hydrogen (secondary N) is 2. The van der Waals surface area contributed by atoms with Crippen LogP contribution in [0.5, 0.6) is 5.75 Å². The zero-order valence-electron chi connectivity index (χ0n) is 21.3. The molecule has 4 heterocycles. The molecule has 15 nitrogen and oxygen atoms in total. The molecule has 5 rings (SSSR count). The number of ether oxygens (including phenoxy) is 3. The van der Waals surface area contributed by atoms with Gasteiger partial charge in [0, 0.05) is 0 Å². The van der Waals surface area contributed by atoms with E-state index in [1.807, 2.05) is 0 Å². The molecule has 39 heavy (non-hydrogen) atoms. The van der Waals surface area contributed by atoms with Gasteiger partial charge in [-0.15, -0.1) is 0 Å². The third kappa shape index (κ3) is 5.29. The number of fused-ring (bicyclic) bond motifs is 3. The van der Waals surface area contributed by atoms with E-state index in [4.69, 9.17) is 29.0 Å². The van der Waals surface area contributed by atoms with E-state index in [9.17, 15) is 19.3 Å². The largest absolute Gasteiger partial charge is 0.462 e. The number of H-pyrrole nitrogens is 1. The number of aromatic amines is 1. The van der Waals surface area contributed by atoms with Crippen molar-refractivity contribution in [2.75, 3.05) is 18.9 Å². The average Bonchev–Trinajstić information content (AvgIpc) is 3.52. The highest BCUT2D eigenvalue weighted by Crippen LogP contribution is 2.50. The molecule has 1 aromatic carbocycles. The Morgan fingerprint density at radius 3 is 2.82 bits per heavy atom. The lowest BCUT2D eigenvalue weighted by Crippen LogP contribution is -2.46. The number of anilines is 1. The Kier molecular flexibility index (Phi) is 7.22. The highest BCUT2D eigenvalue weighted by Gasteiger charge is 2.63. The van der Waals surface area contributed by atoms with Crippen molar-refractivity contribution < 1.29 is 37.7 Å². The molecule has 0 radical (unpaired) electrons. The lowest BCUT2D eigenvalue weighted by Gasteiger charge is -2.32. The first kappa shape index (κ1) is 27.2. The zero-order chi connectivity index (χ0) is 27.9. The number of benzene rings is 1. The normalized spacial score (nSPS) is 26.5. The molecule has 210 valence electrons. The van der Waals surface area contributed by atoms with Crippen molar-refractivity contribution in [1.29, 1.82) is 0 Å². The predicted molar refractivity (Wildman–Crippen MR) is 136 cm³/mol. The van der Waals surface area contributed by atoms with Gasteiger partial charge in [0.25, 0.3) is 5.56 Å². The Morgan fingerprint density at radius 2 is 2.10 bits per heavy atom. The average molecular weight is 564 g/mol. The Labute approximate surface area is 222 Å². The fraction of sp³-hybridized carbons (Fsp3) is 0.478. The van der Waals surface area contributed by atoms with Crippen LogP contribution in [0.3, 0.4) is 0 Å². The molecule has 2 bridgehead atoms. The van der Waals surface area contributed by atoms with Crippen LogP contribution in [0.4, 0.5) is 5.95 Å². The number of esters is 1. The van der Waals surface area contributed by atoms with Crippen molar-refractivity contribution in [2.24, 2.45) is 0 Å². The van der Waals surface area contributed by atoms with Crippen LogP contribution >= 0.6 is 7.75 Å². The first-order chi connectivity index (χ1) is 18.5. The minimum Gasteiger partial charge on any atom is -0.462 e. The summed E-state index contributed by atoms with van der Waals surface area (Å²) >= 11 is 0. The van der Waals surface area contributed by atoms with Crippen LogP contribution in [0, 0.1) is 0 Å². The van der Waals surface area contributed by atoms with E-state index in [-0.39, 0.29) is 35.6 Å². The summed E-state index contributed by atoms with van der Waals surface area (Å²) in [5.41, 5.74) is 3.87. The molecule has 0 amide bonds. The maximum absolute atomic E-state index is 13.9. The molecular formula is C23H29N6O9P. The smallest absolute Gasteiger partial charge is 0.459 e. The SMILES string of the molecule is CC(C)OC(=O)[C@H](C)N[P@@](=O)(OC[C@@]12CO[C@@H]([C@H](n3cnc4c(=O)[nH]c(N)nc43)O1)[C@@H]2O)Oc1ccccc1. The first-order valence-electron chi connectivity index (χ1n) is 12.2. The number of aromatic nitrogens is 4. The molecule has 3 aromatic rings. The number of carbonyl (C=O) groups excluding carboxylic acids is 1. The van der Waals surface area contributed by atoms with E-state index >= 15 is 0 Å². The highest BCUT2D eigenvalue weighted by molar-refractivity contribution is 7.52. The van der Waals surface area contributed by atoms with Gasteiger partial charge in [0.05, 0.1) is 25.6 Å². The lowest BCUT2D eigenvalue weighted by atomic mass is 10.0. The molecule has 2 fully saturated rings. The van der Waals surface area contributed by atoms with Crippen LogP contribution in [0.15, 0.2) is 41.5 Å². The number of imidazole rings is 1. The van der Waals surface area contributed by atoms with Crippen LogP contribution in [0.2, 0.25) is 0 Å². The van der Waals surface area contributed by atoms with Crippen molar-refractivity contribution in [3.8, 4) is 5.75 Å². The summed E-state index contributed by atoms with van der Waals surface area (Å²) in [5.74, 6) is -0.550. The van der Waals surface area contributed by atoms with Crippen molar-refractivity contribution >= 4 is 30.8 Å². The van der Waals surface area contributed by atoms with Gasteiger partial charge in [0.2, 0.25) is 5.95 Å². The van der Waals surface area contributed by atoms with E-state index in [2.05, 4.69) is 20.0 Å². The monoisotopic (exact) mass is 564 g/mol. The Hall–Kier alpha value is -3.33. The van der Waals surface area contributed by atoms with Gasteiger partial charge in [-0.05, 0) is 32.9 Å². The Balaban J connectivity index is 1.38. The summed E-state index contributed by atoms with van der Waals surface area (Å²) in [7, 11) is -4.23. The zero-order valence-corrected chi connectivity index (χ0v) is 22.2. The number of para-hydroxylation sites is 1. The van der Waals surface area contributed by atoms with Crippen LogP contribution < -0.4 is 20.9 Å². The first-order valence-corrected chi connectivity index (χ1v) is 13.7. The standard InChI is InChI=1S/C23H29N6O9P/c1-12(2)36-21(32)13(3)28-39(33,38-14-7-5-4-6-8-14)35-10-23-9-34-16(17(23)30)20(37-23)29-11-25-15-18(29)26-22(24)27-19(15)31/h4-8,11-13,16-17,20,30H,9-10H2,1-3H3,(H,28,33)(H3,24,26,27,31)/t13-,16+,17-,20+,23+,39+/m0/s1. The van der Waals surface area contributed by atoms with Gasteiger partial charge in [-0.3, -0.25) is 23.7 Å². The van der Waals surface area contributed by atoms with Gasteiger partial charge >= 0.3 is 13.7 Å². The predicted octanol–water partition coefficient (Wildman–Crippen LogP) is 0.863. The summed E-state index contributed by atoms with van der Waals surface area (Å²) in [4.78, 5) is 35.2. The minimum absolute atomic E-state index is 0.0302. The van der Waals surface area contributed by atoms with E-state index < -0.39 is 56.0 Å². The maximum Gasteiger partial charge on any atom is 0.459 e. The van der Waals surface area contributed by atoms with Crippen molar-refractivity contribution in [2.45, 2.75) is 57.0 Å². The van der Waals surface area contributed by atoms with Crippen molar-refractivity contribution in [3.05, 3.63) is 47.0 Å². The number of aliphatic hydroxyl groups is 1. The van der Waals surface area contributed by atoms with Gasteiger partial charge in [-0.25, -0.2) is 9.55 Å². The quantitative estimate of drug-likeness (QED) is 0.200. The molecule has 0 unspecified atom stereocenters. The summed E-state index contributed by atoms with van der Waals surface area (Å²) in [6.45, 7) is 4.32. The van der Waals surface area contributed by atoms with Crippen LogP contribution in [0.25, 0.3) is 11.2 Å². The second-order valence-corrected chi connectivity index (χ2v) is 11.3. The van der Waals surface area contributed by atoms with Gasteiger partial charge < -0.3 is 29.6 Å². The number of carbonyl (C=O) groups is 1. The Bertz CT molecular complexity index is 1460. The van der Waals surface area contributed by atoms with Crippen molar-refractivity contribution in [1.82, 2.24) is 24.6 Å². The van der Waals surface area contributed by atoms with Crippen LogP contribution in [0.1, 0.15) is 27.0 Å². The number of aliphatic hydroxyl groups excluding tert-OH is 1. The molecule has 0 saturated carbocycles. The lowest BCUT2D eigenvalue weighted by molar-refractivity contribution is -0.183. The van der Waals surface area contributed by atoms with E-state index in [1.165, 1.54) is 17.8 Å². The van der Waals surface area contributed by atoms with Gasteiger partial charge in [-0.1, -0.05) is 18.2 Å². The number of rotatable bonds is 10. The Morgan fingerprint density at radius 1 is 1.36 bits per heavy atom. The van der Waals surface area contributed by atoms with E-state index in [1.54, 1.807) is 44.2 Å². The van der Waals surface area contributed by atoms with E-state index in [0.717, 1.165) is 0 Å². The third-order valence-corrected chi connectivity index (χ3v) is 7.86. The number of hydrogen-bond donors (Lipinski definition) is 4. The highest BCUT2D eigenvalue weighted by atomic mass is 31.2. The summed E-state index contributed by atoms with van der Waals surface area (Å²) in [6.07, 6.45) is -2.10. The summed E-state index contributed by atoms with van der Waals surface area (Å²) in [6, 6.07) is 7.20. The molecular weight excluding hydrogens is 535 g/mol. The summed E-state index contributed by atoms with van der Waals surface area (Å²) < 4.78 is 43.9. The van der Waals surface area contributed by atoms with Gasteiger partial charge in [0.1, 0.15) is 29.6 Å². The van der Waals surface area contributed by atoms with Crippen LogP contribution in [-0.2, 0) is 28.1 Å². The second-order valence-electron chi connectivity index (χ2n) is 9.58. The number of nitrogens with zero attached hydrogens (tertiary/aromatic N) is 3. The van der Waals surface area contributed by atoms with Gasteiger partial charge in [-0.2, -0.15) is 10.1 Å². The molecule has 2 aliphatic rings. The molecule has 0 spiro atoms. The molecule has 2 aromatic heterocycles. The molecule has 0 aliphatic carbocycles. The molecule has 2 aliphatic heterocycles. The third-order valence-electron chi connectivity index (χ3n) is 6.24. The molecule has 2 saturated heterocycles. The van der Waals surface area contributed by atoms with Crippen molar-refractivity contribution in [3.63, 3.8) is 0 Å². The second kappa shape index (κ2) is 10.3. The number of nitrogen functional groups attached to an aromatic ring is 1. The summed E-state index contributed by atoms with van der Waals surface area (Å²) in [5, 5.41) is 13.7. The topological polar surface area (TPSA) is 202 Å². The fourth-order valence-corrected chi connectivity index (χ4v) is 5.94. The molecule has 6 atom stereocenters.